The highest BCUT2D eigenvalue weighted by molar-refractivity contribution is 6.33. The van der Waals surface area contributed by atoms with Gasteiger partial charge in [-0.1, -0.05) is 35.3 Å². The second kappa shape index (κ2) is 7.78. The number of carbonyl (C=O) groups excluding carboxylic acids is 1. The van der Waals surface area contributed by atoms with E-state index >= 15 is 0 Å². The van der Waals surface area contributed by atoms with E-state index in [-0.39, 0.29) is 5.91 Å². The van der Waals surface area contributed by atoms with Crippen molar-refractivity contribution < 1.29 is 4.79 Å². The molecule has 4 rings (SSSR count). The highest BCUT2D eigenvalue weighted by Crippen LogP contribution is 2.32. The topological polar surface area (TPSA) is 36.4 Å². The second-order valence-electron chi connectivity index (χ2n) is 7.53. The molecule has 2 saturated heterocycles. The van der Waals surface area contributed by atoms with Crippen molar-refractivity contribution in [2.75, 3.05) is 26.2 Å². The van der Waals surface area contributed by atoms with Gasteiger partial charge in [-0.2, -0.15) is 0 Å². The average Bonchev–Trinajstić information content (AvgIpc) is 2.67. The Bertz CT molecular complexity index is 840. The molecule has 0 unspecified atom stereocenters. The van der Waals surface area contributed by atoms with E-state index in [4.69, 9.17) is 23.2 Å². The van der Waals surface area contributed by atoms with Crippen LogP contribution in [0.4, 0.5) is 0 Å². The van der Waals surface area contributed by atoms with Crippen LogP contribution in [-0.2, 0) is 0 Å². The molecule has 0 saturated carbocycles. The van der Waals surface area contributed by atoms with Crippen molar-refractivity contribution in [1.82, 2.24) is 14.8 Å². The summed E-state index contributed by atoms with van der Waals surface area (Å²) in [6.07, 6.45) is 3.83. The van der Waals surface area contributed by atoms with E-state index in [1.807, 2.05) is 24.0 Å². The number of piperazine rings is 1. The zero-order valence-corrected chi connectivity index (χ0v) is 16.9. The maximum absolute atomic E-state index is 12.9. The summed E-state index contributed by atoms with van der Waals surface area (Å²) in [7, 11) is 0. The number of rotatable bonds is 2. The van der Waals surface area contributed by atoms with Crippen LogP contribution in [0, 0.1) is 6.92 Å². The van der Waals surface area contributed by atoms with Gasteiger partial charge in [0.2, 0.25) is 0 Å². The van der Waals surface area contributed by atoms with E-state index in [0.29, 0.717) is 22.5 Å². The van der Waals surface area contributed by atoms with Crippen LogP contribution < -0.4 is 0 Å². The van der Waals surface area contributed by atoms with Crippen LogP contribution >= 0.6 is 23.2 Å². The van der Waals surface area contributed by atoms with Crippen LogP contribution in [0.3, 0.4) is 0 Å². The quantitative estimate of drug-likeness (QED) is 0.745. The number of pyridine rings is 1. The van der Waals surface area contributed by atoms with Gasteiger partial charge in [0.05, 0.1) is 10.6 Å². The summed E-state index contributed by atoms with van der Waals surface area (Å²) in [4.78, 5) is 21.6. The lowest BCUT2D eigenvalue weighted by Crippen LogP contribution is -2.57. The van der Waals surface area contributed by atoms with Crippen LogP contribution in [0.1, 0.15) is 40.4 Å². The van der Waals surface area contributed by atoms with Gasteiger partial charge >= 0.3 is 0 Å². The first kappa shape index (κ1) is 18.7. The highest BCUT2D eigenvalue weighted by Gasteiger charge is 2.35. The Balaban J connectivity index is 1.41. The molecule has 0 aliphatic carbocycles. The molecule has 4 nitrogen and oxygen atoms in total. The number of hydrogen-bond acceptors (Lipinski definition) is 3. The summed E-state index contributed by atoms with van der Waals surface area (Å²) < 4.78 is 0. The molecule has 2 aliphatic rings. The summed E-state index contributed by atoms with van der Waals surface area (Å²) in [6.45, 7) is 5.31. The van der Waals surface area contributed by atoms with E-state index in [1.165, 1.54) is 5.56 Å². The molecule has 2 aliphatic heterocycles. The van der Waals surface area contributed by atoms with Crippen molar-refractivity contribution >= 4 is 29.1 Å². The first-order valence-corrected chi connectivity index (χ1v) is 10.2. The summed E-state index contributed by atoms with van der Waals surface area (Å²) in [6, 6.07) is 10.4. The first-order chi connectivity index (χ1) is 13.0. The van der Waals surface area contributed by atoms with Crippen LogP contribution in [-0.4, -0.2) is 52.9 Å². The number of benzene rings is 1. The monoisotopic (exact) mass is 403 g/mol. The Kier molecular flexibility index (Phi) is 5.40. The van der Waals surface area contributed by atoms with Gasteiger partial charge in [0.15, 0.2) is 0 Å². The summed E-state index contributed by atoms with van der Waals surface area (Å²) in [5.41, 5.74) is 2.68. The molecule has 2 fully saturated rings. The lowest BCUT2D eigenvalue weighted by molar-refractivity contribution is 0.0329. The van der Waals surface area contributed by atoms with Crippen LogP contribution in [0.15, 0.2) is 36.5 Å². The molecule has 1 aromatic heterocycles. The standard InChI is InChI=1S/C21H23Cl2N3O/c1-14-10-20(23)19(11-24-14)21(27)26-9-8-25-12-16(4-7-18(25)13-26)15-2-5-17(22)6-3-15/h2-3,5-6,10-11,16,18H,4,7-9,12-13H2,1H3/t16-,18+/m0/s1. The molecule has 0 N–H and O–H groups in total. The van der Waals surface area contributed by atoms with Gasteiger partial charge in [-0.05, 0) is 49.4 Å². The average molecular weight is 404 g/mol. The molecule has 0 spiro atoms. The van der Waals surface area contributed by atoms with Gasteiger partial charge in [0.1, 0.15) is 0 Å². The molecule has 3 heterocycles. The lowest BCUT2D eigenvalue weighted by Gasteiger charge is -2.46. The Morgan fingerprint density at radius 1 is 1.11 bits per heavy atom. The molecule has 2 aromatic rings. The SMILES string of the molecule is Cc1cc(Cl)c(C(=O)N2CCN3C[C@@H](c4ccc(Cl)cc4)CC[C@@H]3C2)cn1. The third kappa shape index (κ3) is 3.98. The number of piperidine rings is 1. The smallest absolute Gasteiger partial charge is 0.257 e. The van der Waals surface area contributed by atoms with Gasteiger partial charge < -0.3 is 4.90 Å². The number of halogens is 2. The molecule has 1 amide bonds. The van der Waals surface area contributed by atoms with E-state index in [1.54, 1.807) is 12.3 Å². The van der Waals surface area contributed by atoms with Crippen molar-refractivity contribution in [1.29, 1.82) is 0 Å². The molecular formula is C21H23Cl2N3O. The number of aryl methyl sites for hydroxylation is 1. The summed E-state index contributed by atoms with van der Waals surface area (Å²) in [5.74, 6) is 0.531. The third-order valence-corrected chi connectivity index (χ3v) is 6.32. The van der Waals surface area contributed by atoms with Gasteiger partial charge in [-0.3, -0.25) is 14.7 Å². The lowest BCUT2D eigenvalue weighted by atomic mass is 9.86. The second-order valence-corrected chi connectivity index (χ2v) is 8.37. The number of aromatic nitrogens is 1. The summed E-state index contributed by atoms with van der Waals surface area (Å²) >= 11 is 12.3. The molecule has 142 valence electrons. The molecule has 0 radical (unpaired) electrons. The van der Waals surface area contributed by atoms with Crippen molar-refractivity contribution in [3.8, 4) is 0 Å². The van der Waals surface area contributed by atoms with Gasteiger partial charge in [-0.15, -0.1) is 0 Å². The Morgan fingerprint density at radius 3 is 2.63 bits per heavy atom. The molecule has 2 atom stereocenters. The third-order valence-electron chi connectivity index (χ3n) is 5.76. The van der Waals surface area contributed by atoms with Gasteiger partial charge in [-0.25, -0.2) is 0 Å². The minimum Gasteiger partial charge on any atom is -0.336 e. The molecule has 1 aromatic carbocycles. The largest absolute Gasteiger partial charge is 0.336 e. The fourth-order valence-electron chi connectivity index (χ4n) is 4.22. The molecular weight excluding hydrogens is 381 g/mol. The van der Waals surface area contributed by atoms with E-state index in [2.05, 4.69) is 22.0 Å². The van der Waals surface area contributed by atoms with Gasteiger partial charge in [0.25, 0.3) is 5.91 Å². The number of carbonyl (C=O) groups is 1. The Labute approximate surface area is 170 Å². The van der Waals surface area contributed by atoms with Crippen molar-refractivity contribution in [2.45, 2.75) is 31.7 Å². The fraction of sp³-hybridized carbons (Fsp3) is 0.429. The maximum Gasteiger partial charge on any atom is 0.257 e. The number of hydrogen-bond donors (Lipinski definition) is 0. The highest BCUT2D eigenvalue weighted by atomic mass is 35.5. The number of amides is 1. The summed E-state index contributed by atoms with van der Waals surface area (Å²) in [5, 5.41) is 1.27. The maximum atomic E-state index is 12.9. The van der Waals surface area contributed by atoms with E-state index in [9.17, 15) is 4.79 Å². The van der Waals surface area contributed by atoms with Crippen molar-refractivity contribution in [3.05, 3.63) is 63.4 Å². The van der Waals surface area contributed by atoms with Crippen molar-refractivity contribution in [3.63, 3.8) is 0 Å². The first-order valence-electron chi connectivity index (χ1n) is 9.42. The Hall–Kier alpha value is -1.62. The number of nitrogens with zero attached hydrogens (tertiary/aromatic N) is 3. The Morgan fingerprint density at radius 2 is 1.89 bits per heavy atom. The zero-order valence-electron chi connectivity index (χ0n) is 15.4. The van der Waals surface area contributed by atoms with E-state index in [0.717, 1.165) is 49.7 Å². The molecule has 0 bridgehead atoms. The normalized spacial score (nSPS) is 23.1. The predicted molar refractivity (Wildman–Crippen MR) is 109 cm³/mol. The fourth-order valence-corrected chi connectivity index (χ4v) is 4.63. The van der Waals surface area contributed by atoms with Crippen LogP contribution in [0.25, 0.3) is 0 Å². The minimum atomic E-state index is -0.00743. The van der Waals surface area contributed by atoms with E-state index < -0.39 is 0 Å². The number of fused-ring (bicyclic) bond motifs is 1. The minimum absolute atomic E-state index is 0.00743. The molecule has 27 heavy (non-hydrogen) atoms. The van der Waals surface area contributed by atoms with Crippen molar-refractivity contribution in [2.24, 2.45) is 0 Å². The van der Waals surface area contributed by atoms with Crippen LogP contribution in [0.2, 0.25) is 10.0 Å². The predicted octanol–water partition coefficient (Wildman–Crippen LogP) is 4.40. The van der Waals surface area contributed by atoms with Gasteiger partial charge in [0, 0.05) is 49.1 Å². The van der Waals surface area contributed by atoms with Crippen LogP contribution in [0.5, 0.6) is 0 Å². The molecule has 6 heteroatoms. The zero-order chi connectivity index (χ0) is 19.0.